The summed E-state index contributed by atoms with van der Waals surface area (Å²) in [5, 5.41) is 17.5. The number of nitriles is 2. The summed E-state index contributed by atoms with van der Waals surface area (Å²) in [6.07, 6.45) is 0.706. The molecule has 0 spiro atoms. The smallest absolute Gasteiger partial charge is 0.124 e. The highest BCUT2D eigenvalue weighted by molar-refractivity contribution is 5.79. The van der Waals surface area contributed by atoms with Crippen molar-refractivity contribution in [2.45, 2.75) is 26.3 Å². The molecule has 4 nitrogen and oxygen atoms in total. The van der Waals surface area contributed by atoms with Crippen LogP contribution in [0.5, 0.6) is 0 Å². The summed E-state index contributed by atoms with van der Waals surface area (Å²) >= 11 is 0. The molecule has 2 rings (SSSR count). The molecule has 0 saturated heterocycles. The fourth-order valence-electron chi connectivity index (χ4n) is 2.02. The highest BCUT2D eigenvalue weighted by Gasteiger charge is 2.11. The van der Waals surface area contributed by atoms with E-state index in [-0.39, 0.29) is 6.42 Å². The summed E-state index contributed by atoms with van der Waals surface area (Å²) in [5.74, 6) is 0.743. The van der Waals surface area contributed by atoms with E-state index in [0.717, 1.165) is 22.4 Å². The van der Waals surface area contributed by atoms with Crippen LogP contribution in [0.1, 0.15) is 17.8 Å². The van der Waals surface area contributed by atoms with Gasteiger partial charge in [-0.2, -0.15) is 10.5 Å². The Morgan fingerprint density at radius 2 is 2.12 bits per heavy atom. The number of imidazole rings is 1. The maximum absolute atomic E-state index is 8.80. The fraction of sp³-hybridized carbons (Fsp3) is 0.308. The van der Waals surface area contributed by atoms with E-state index in [0.29, 0.717) is 13.0 Å². The molecule has 2 aromatic rings. The standard InChI is InChI=1S/C13H12N4/c1-10-4-2-5-11-13(10)17(9-3-7-14)12(16-11)6-8-15/h2,4-5H,3,6,9H2,1H3. The van der Waals surface area contributed by atoms with Gasteiger partial charge in [0.25, 0.3) is 0 Å². The molecule has 0 aliphatic rings. The average molecular weight is 224 g/mol. The van der Waals surface area contributed by atoms with E-state index in [1.807, 2.05) is 29.7 Å². The Bertz CT molecular complexity index is 625. The molecule has 0 N–H and O–H groups in total. The van der Waals surface area contributed by atoms with Crippen molar-refractivity contribution in [3.8, 4) is 12.1 Å². The van der Waals surface area contributed by atoms with Crippen molar-refractivity contribution in [2.75, 3.05) is 0 Å². The van der Waals surface area contributed by atoms with Gasteiger partial charge in [-0.15, -0.1) is 0 Å². The monoisotopic (exact) mass is 224 g/mol. The maximum Gasteiger partial charge on any atom is 0.124 e. The van der Waals surface area contributed by atoms with Crippen LogP contribution < -0.4 is 0 Å². The van der Waals surface area contributed by atoms with Gasteiger partial charge in [-0.1, -0.05) is 12.1 Å². The van der Waals surface area contributed by atoms with Crippen LogP contribution in [0.3, 0.4) is 0 Å². The van der Waals surface area contributed by atoms with Crippen LogP contribution in [0.25, 0.3) is 11.0 Å². The second-order valence-corrected chi connectivity index (χ2v) is 3.87. The van der Waals surface area contributed by atoms with Crippen molar-refractivity contribution in [3.05, 3.63) is 29.6 Å². The van der Waals surface area contributed by atoms with Gasteiger partial charge in [0.2, 0.25) is 0 Å². The number of hydrogen-bond acceptors (Lipinski definition) is 3. The summed E-state index contributed by atoms with van der Waals surface area (Å²) in [6, 6.07) is 10.2. The first-order valence-electron chi connectivity index (χ1n) is 5.46. The van der Waals surface area contributed by atoms with Crippen molar-refractivity contribution in [1.29, 1.82) is 10.5 Å². The van der Waals surface area contributed by atoms with Gasteiger partial charge in [-0.3, -0.25) is 0 Å². The minimum Gasteiger partial charge on any atom is -0.326 e. The normalized spacial score (nSPS) is 10.1. The molecule has 0 amide bonds. The van der Waals surface area contributed by atoms with E-state index in [4.69, 9.17) is 10.5 Å². The highest BCUT2D eigenvalue weighted by Crippen LogP contribution is 2.20. The van der Waals surface area contributed by atoms with Crippen LogP contribution in [0.15, 0.2) is 18.2 Å². The Hall–Kier alpha value is -2.33. The molecule has 1 heterocycles. The predicted molar refractivity (Wildman–Crippen MR) is 64.0 cm³/mol. The largest absolute Gasteiger partial charge is 0.326 e. The molecule has 0 aliphatic heterocycles. The van der Waals surface area contributed by atoms with Crippen molar-refractivity contribution in [3.63, 3.8) is 0 Å². The molecule has 0 saturated carbocycles. The van der Waals surface area contributed by atoms with Gasteiger partial charge in [0, 0.05) is 6.54 Å². The number of nitrogens with zero attached hydrogens (tertiary/aromatic N) is 4. The number of aryl methyl sites for hydroxylation is 2. The van der Waals surface area contributed by atoms with E-state index in [1.54, 1.807) is 0 Å². The fourth-order valence-corrected chi connectivity index (χ4v) is 2.02. The third-order valence-corrected chi connectivity index (χ3v) is 2.73. The van der Waals surface area contributed by atoms with Crippen LogP contribution in [0.4, 0.5) is 0 Å². The van der Waals surface area contributed by atoms with E-state index in [1.165, 1.54) is 0 Å². The van der Waals surface area contributed by atoms with Crippen molar-refractivity contribution in [1.82, 2.24) is 9.55 Å². The van der Waals surface area contributed by atoms with E-state index in [2.05, 4.69) is 17.1 Å². The molecule has 0 aliphatic carbocycles. The number of fused-ring (bicyclic) bond motifs is 1. The van der Waals surface area contributed by atoms with Crippen molar-refractivity contribution >= 4 is 11.0 Å². The third-order valence-electron chi connectivity index (χ3n) is 2.73. The highest BCUT2D eigenvalue weighted by atomic mass is 15.1. The molecular formula is C13H12N4. The lowest BCUT2D eigenvalue weighted by molar-refractivity contribution is 0.698. The maximum atomic E-state index is 8.80. The van der Waals surface area contributed by atoms with Crippen molar-refractivity contribution in [2.24, 2.45) is 0 Å². The summed E-state index contributed by atoms with van der Waals surface area (Å²) in [4.78, 5) is 4.45. The molecule has 17 heavy (non-hydrogen) atoms. The van der Waals surface area contributed by atoms with Gasteiger partial charge in [0.1, 0.15) is 5.82 Å². The Morgan fingerprint density at radius 3 is 2.82 bits per heavy atom. The zero-order chi connectivity index (χ0) is 12.3. The zero-order valence-corrected chi connectivity index (χ0v) is 9.64. The molecule has 0 unspecified atom stereocenters. The van der Waals surface area contributed by atoms with Gasteiger partial charge in [0.15, 0.2) is 0 Å². The SMILES string of the molecule is Cc1cccc2nc(CC#N)n(CCC#N)c12. The lowest BCUT2D eigenvalue weighted by Crippen LogP contribution is -2.03. The van der Waals surface area contributed by atoms with Gasteiger partial charge in [-0.25, -0.2) is 4.98 Å². The topological polar surface area (TPSA) is 65.4 Å². The van der Waals surface area contributed by atoms with Gasteiger partial charge >= 0.3 is 0 Å². The Kier molecular flexibility index (Phi) is 3.07. The Morgan fingerprint density at radius 1 is 1.29 bits per heavy atom. The van der Waals surface area contributed by atoms with Crippen LogP contribution in [-0.4, -0.2) is 9.55 Å². The summed E-state index contributed by atoms with van der Waals surface area (Å²) in [7, 11) is 0. The number of para-hydroxylation sites is 1. The van der Waals surface area contributed by atoms with Gasteiger partial charge < -0.3 is 4.57 Å². The number of rotatable bonds is 3. The summed E-state index contributed by atoms with van der Waals surface area (Å²) in [5.41, 5.74) is 3.05. The average Bonchev–Trinajstić information content (AvgIpc) is 2.66. The Balaban J connectivity index is 2.62. The molecule has 84 valence electrons. The minimum atomic E-state index is 0.277. The lowest BCUT2D eigenvalue weighted by atomic mass is 10.2. The second kappa shape index (κ2) is 4.67. The molecule has 1 aromatic heterocycles. The molecule has 1 aromatic carbocycles. The van der Waals surface area contributed by atoms with E-state index >= 15 is 0 Å². The molecule has 0 bridgehead atoms. The van der Waals surface area contributed by atoms with Crippen LogP contribution in [0.2, 0.25) is 0 Å². The quantitative estimate of drug-likeness (QED) is 0.803. The molecular weight excluding hydrogens is 212 g/mol. The summed E-state index contributed by atoms with van der Waals surface area (Å²) < 4.78 is 1.98. The van der Waals surface area contributed by atoms with E-state index < -0.39 is 0 Å². The molecule has 4 heteroatoms. The molecule has 0 atom stereocenters. The molecule has 0 fully saturated rings. The first-order chi connectivity index (χ1) is 8.27. The molecule has 0 radical (unpaired) electrons. The third kappa shape index (κ3) is 1.98. The second-order valence-electron chi connectivity index (χ2n) is 3.87. The lowest BCUT2D eigenvalue weighted by Gasteiger charge is -2.06. The van der Waals surface area contributed by atoms with Crippen molar-refractivity contribution < 1.29 is 0 Å². The number of hydrogen-bond donors (Lipinski definition) is 0. The van der Waals surface area contributed by atoms with E-state index in [9.17, 15) is 0 Å². The number of benzene rings is 1. The zero-order valence-electron chi connectivity index (χ0n) is 9.64. The number of aromatic nitrogens is 2. The summed E-state index contributed by atoms with van der Waals surface area (Å²) in [6.45, 7) is 2.61. The van der Waals surface area contributed by atoms with Gasteiger partial charge in [0.05, 0.1) is 36.0 Å². The first-order valence-corrected chi connectivity index (χ1v) is 5.46. The minimum absolute atomic E-state index is 0.277. The van der Waals surface area contributed by atoms with Gasteiger partial charge in [-0.05, 0) is 18.6 Å². The predicted octanol–water partition coefficient (Wildman–Crippen LogP) is 2.32. The Labute approximate surface area is 99.7 Å². The first kappa shape index (κ1) is 11.2. The van der Waals surface area contributed by atoms with Crippen LogP contribution in [-0.2, 0) is 13.0 Å². The van der Waals surface area contributed by atoms with Crippen LogP contribution in [0, 0.1) is 29.6 Å². The van der Waals surface area contributed by atoms with Crippen LogP contribution >= 0.6 is 0 Å².